The third-order valence-electron chi connectivity index (χ3n) is 3.52. The van der Waals surface area contributed by atoms with Gasteiger partial charge >= 0.3 is 0 Å². The fourth-order valence-corrected chi connectivity index (χ4v) is 2.24. The van der Waals surface area contributed by atoms with Crippen molar-refractivity contribution in [2.24, 2.45) is 10.6 Å². The molecule has 1 N–H and O–H groups in total. The van der Waals surface area contributed by atoms with E-state index in [2.05, 4.69) is 10.1 Å². The van der Waals surface area contributed by atoms with Crippen LogP contribution < -0.4 is 4.74 Å². The zero-order chi connectivity index (χ0) is 22.0. The number of ketones is 1. The number of hydrogen-bond acceptors (Lipinski definition) is 6. The van der Waals surface area contributed by atoms with Gasteiger partial charge in [0.2, 0.25) is 11.7 Å². The molecule has 0 aliphatic heterocycles. The van der Waals surface area contributed by atoms with Crippen LogP contribution in [0.4, 0.5) is 4.39 Å². The van der Waals surface area contributed by atoms with Crippen molar-refractivity contribution in [2.45, 2.75) is 47.1 Å². The van der Waals surface area contributed by atoms with E-state index in [1.54, 1.807) is 12.1 Å². The Morgan fingerprint density at radius 1 is 1.21 bits per heavy atom. The number of phenolic OH excluding ortho intramolecular Hbond substituents is 1. The van der Waals surface area contributed by atoms with E-state index >= 15 is 0 Å². The van der Waals surface area contributed by atoms with Crippen molar-refractivity contribution in [1.29, 1.82) is 0 Å². The SMILES string of the molecule is CC(C)(C)ON=C(Oc1cccnc1C(=O)c1cc(Cl)c(F)cc1O)C(C)(C)C. The molecule has 0 saturated carbocycles. The van der Waals surface area contributed by atoms with Gasteiger partial charge in [-0.1, -0.05) is 37.5 Å². The van der Waals surface area contributed by atoms with E-state index in [4.69, 9.17) is 21.2 Å². The molecule has 0 amide bonds. The number of halogens is 2. The molecule has 1 aromatic heterocycles. The second-order valence-electron chi connectivity index (χ2n) is 8.41. The summed E-state index contributed by atoms with van der Waals surface area (Å²) in [7, 11) is 0. The number of rotatable bonds is 4. The van der Waals surface area contributed by atoms with E-state index in [0.29, 0.717) is 0 Å². The zero-order valence-corrected chi connectivity index (χ0v) is 18.0. The van der Waals surface area contributed by atoms with Crippen molar-refractivity contribution < 1.29 is 23.9 Å². The molecule has 0 fully saturated rings. The fraction of sp³-hybridized carbons (Fsp3) is 0.381. The monoisotopic (exact) mass is 422 g/mol. The van der Waals surface area contributed by atoms with Gasteiger partial charge in [-0.25, -0.2) is 9.37 Å². The van der Waals surface area contributed by atoms with Gasteiger partial charge in [0.15, 0.2) is 11.4 Å². The zero-order valence-electron chi connectivity index (χ0n) is 17.2. The number of oxime groups is 1. The molecule has 0 saturated heterocycles. The summed E-state index contributed by atoms with van der Waals surface area (Å²) in [5.41, 5.74) is -1.36. The Kier molecular flexibility index (Phi) is 6.53. The lowest BCUT2D eigenvalue weighted by Crippen LogP contribution is -2.29. The standard InChI is InChI=1S/C21H24ClFN2O4/c1-20(2,3)19(25-29-21(4,5)6)28-16-8-7-9-24-17(16)18(27)12-10-13(22)14(23)11-15(12)26/h7-11,26H,1-6H3. The smallest absolute Gasteiger partial charge is 0.236 e. The Morgan fingerprint density at radius 3 is 2.45 bits per heavy atom. The van der Waals surface area contributed by atoms with Crippen LogP contribution in [0.5, 0.6) is 11.5 Å². The molecule has 0 unspecified atom stereocenters. The maximum atomic E-state index is 13.5. The number of ether oxygens (including phenoxy) is 1. The highest BCUT2D eigenvalue weighted by atomic mass is 35.5. The molecule has 0 bridgehead atoms. The Hall–Kier alpha value is -2.67. The summed E-state index contributed by atoms with van der Waals surface area (Å²) in [6.45, 7) is 11.2. The number of carbonyl (C=O) groups is 1. The van der Waals surface area contributed by atoms with Crippen LogP contribution in [0.15, 0.2) is 35.6 Å². The number of phenols is 1. The van der Waals surface area contributed by atoms with E-state index in [1.165, 1.54) is 6.20 Å². The van der Waals surface area contributed by atoms with Gasteiger partial charge in [-0.2, -0.15) is 0 Å². The van der Waals surface area contributed by atoms with Crippen molar-refractivity contribution >= 4 is 23.3 Å². The fourth-order valence-electron chi connectivity index (χ4n) is 2.08. The highest BCUT2D eigenvalue weighted by Gasteiger charge is 2.27. The van der Waals surface area contributed by atoms with Crippen LogP contribution in [0, 0.1) is 11.2 Å². The molecular formula is C21H24ClFN2O4. The summed E-state index contributed by atoms with van der Waals surface area (Å²) >= 11 is 5.76. The van der Waals surface area contributed by atoms with Gasteiger partial charge in [-0.3, -0.25) is 4.79 Å². The Bertz CT molecular complexity index is 947. The molecular weight excluding hydrogens is 399 g/mol. The minimum absolute atomic E-state index is 0.0850. The van der Waals surface area contributed by atoms with Gasteiger partial charge in [0, 0.05) is 17.7 Å². The Labute approximate surface area is 174 Å². The van der Waals surface area contributed by atoms with E-state index in [1.807, 2.05) is 41.5 Å². The van der Waals surface area contributed by atoms with E-state index in [0.717, 1.165) is 12.1 Å². The Balaban J connectivity index is 2.47. The minimum Gasteiger partial charge on any atom is -0.507 e. The highest BCUT2D eigenvalue weighted by Crippen LogP contribution is 2.30. The summed E-state index contributed by atoms with van der Waals surface area (Å²) in [6, 6.07) is 4.96. The number of pyridine rings is 1. The van der Waals surface area contributed by atoms with Crippen molar-refractivity contribution in [3.05, 3.63) is 52.6 Å². The molecule has 8 heteroatoms. The van der Waals surface area contributed by atoms with Gasteiger partial charge in [0.1, 0.15) is 17.2 Å². The van der Waals surface area contributed by atoms with Crippen LogP contribution in [0.2, 0.25) is 5.02 Å². The largest absolute Gasteiger partial charge is 0.507 e. The van der Waals surface area contributed by atoms with Crippen LogP contribution >= 0.6 is 11.6 Å². The van der Waals surface area contributed by atoms with E-state index in [9.17, 15) is 14.3 Å². The molecule has 6 nitrogen and oxygen atoms in total. The van der Waals surface area contributed by atoms with Crippen LogP contribution in [0.25, 0.3) is 0 Å². The predicted octanol–water partition coefficient (Wildman–Crippen LogP) is 5.36. The van der Waals surface area contributed by atoms with Crippen molar-refractivity contribution in [3.63, 3.8) is 0 Å². The molecule has 0 aliphatic rings. The van der Waals surface area contributed by atoms with Crippen LogP contribution in [0.1, 0.15) is 57.6 Å². The highest BCUT2D eigenvalue weighted by molar-refractivity contribution is 6.31. The molecule has 0 atom stereocenters. The third-order valence-corrected chi connectivity index (χ3v) is 3.81. The first kappa shape index (κ1) is 22.6. The number of carbonyl (C=O) groups excluding carboxylic acids is 1. The van der Waals surface area contributed by atoms with Gasteiger partial charge in [0.05, 0.1) is 10.6 Å². The lowest BCUT2D eigenvalue weighted by molar-refractivity contribution is -0.00380. The molecule has 156 valence electrons. The van der Waals surface area contributed by atoms with Crippen LogP contribution in [-0.2, 0) is 4.84 Å². The lowest BCUT2D eigenvalue weighted by Gasteiger charge is -2.24. The lowest BCUT2D eigenvalue weighted by atomic mass is 9.96. The maximum Gasteiger partial charge on any atom is 0.236 e. The van der Waals surface area contributed by atoms with Gasteiger partial charge in [-0.05, 0) is 39.0 Å². The van der Waals surface area contributed by atoms with Crippen molar-refractivity contribution in [1.82, 2.24) is 4.98 Å². The van der Waals surface area contributed by atoms with Crippen molar-refractivity contribution in [3.8, 4) is 11.5 Å². The quantitative estimate of drug-likeness (QED) is 0.310. The number of nitrogens with zero attached hydrogens (tertiary/aromatic N) is 2. The third kappa shape index (κ3) is 5.90. The number of hydrogen-bond donors (Lipinski definition) is 1. The molecule has 2 rings (SSSR count). The molecule has 0 aliphatic carbocycles. The number of benzene rings is 1. The normalized spacial score (nSPS) is 12.6. The summed E-state index contributed by atoms with van der Waals surface area (Å²) in [5.74, 6) is -1.71. The van der Waals surface area contributed by atoms with Gasteiger partial charge in [-0.15, -0.1) is 0 Å². The summed E-state index contributed by atoms with van der Waals surface area (Å²) < 4.78 is 19.4. The Morgan fingerprint density at radius 2 is 1.86 bits per heavy atom. The number of aromatic nitrogens is 1. The van der Waals surface area contributed by atoms with Gasteiger partial charge in [0.25, 0.3) is 0 Å². The molecule has 0 radical (unpaired) electrons. The first-order valence-electron chi connectivity index (χ1n) is 8.92. The van der Waals surface area contributed by atoms with Crippen LogP contribution in [0.3, 0.4) is 0 Å². The van der Waals surface area contributed by atoms with E-state index in [-0.39, 0.29) is 27.9 Å². The molecule has 1 heterocycles. The molecule has 29 heavy (non-hydrogen) atoms. The maximum absolute atomic E-state index is 13.5. The average Bonchev–Trinajstić information content (AvgIpc) is 2.59. The number of aromatic hydroxyl groups is 1. The summed E-state index contributed by atoms with van der Waals surface area (Å²) in [4.78, 5) is 22.5. The average molecular weight is 423 g/mol. The second-order valence-corrected chi connectivity index (χ2v) is 8.82. The first-order valence-corrected chi connectivity index (χ1v) is 9.29. The summed E-state index contributed by atoms with van der Waals surface area (Å²) in [6.07, 6.45) is 1.40. The van der Waals surface area contributed by atoms with Gasteiger partial charge < -0.3 is 14.7 Å². The predicted molar refractivity (Wildman–Crippen MR) is 109 cm³/mol. The molecule has 2 aromatic rings. The van der Waals surface area contributed by atoms with E-state index < -0.39 is 28.4 Å². The molecule has 0 spiro atoms. The molecule has 1 aromatic carbocycles. The van der Waals surface area contributed by atoms with Crippen molar-refractivity contribution in [2.75, 3.05) is 0 Å². The summed E-state index contributed by atoms with van der Waals surface area (Å²) in [5, 5.41) is 13.8. The topological polar surface area (TPSA) is 81.0 Å². The van der Waals surface area contributed by atoms with Crippen LogP contribution in [-0.4, -0.2) is 27.4 Å². The minimum atomic E-state index is -0.834. The second kappa shape index (κ2) is 8.37. The first-order chi connectivity index (χ1) is 13.3.